The SMILES string of the molecule is CC(C)CN1CCNCC12CCCC2. The molecule has 1 saturated heterocycles. The minimum Gasteiger partial charge on any atom is -0.314 e. The molecule has 0 aromatic rings. The Morgan fingerprint density at radius 3 is 2.64 bits per heavy atom. The van der Waals surface area contributed by atoms with E-state index in [2.05, 4.69) is 24.1 Å². The average molecular weight is 196 g/mol. The van der Waals surface area contributed by atoms with Gasteiger partial charge in [0.15, 0.2) is 0 Å². The van der Waals surface area contributed by atoms with Crippen molar-refractivity contribution in [2.75, 3.05) is 26.2 Å². The number of hydrogen-bond donors (Lipinski definition) is 1. The summed E-state index contributed by atoms with van der Waals surface area (Å²) in [5, 5.41) is 3.58. The Labute approximate surface area is 88.1 Å². The standard InChI is InChI=1S/C12H24N2/c1-11(2)9-14-8-7-13-10-12(14)5-3-4-6-12/h11,13H,3-10H2,1-2H3. The molecule has 1 aliphatic heterocycles. The molecule has 0 atom stereocenters. The number of nitrogens with zero attached hydrogens (tertiary/aromatic N) is 1. The van der Waals surface area contributed by atoms with Gasteiger partial charge in [-0.05, 0) is 18.8 Å². The summed E-state index contributed by atoms with van der Waals surface area (Å²) in [5.41, 5.74) is 0.544. The van der Waals surface area contributed by atoms with Gasteiger partial charge in [-0.25, -0.2) is 0 Å². The molecule has 1 N–H and O–H groups in total. The van der Waals surface area contributed by atoms with E-state index in [0.717, 1.165) is 5.92 Å². The molecule has 82 valence electrons. The second-order valence-electron chi connectivity index (χ2n) is 5.45. The highest BCUT2D eigenvalue weighted by Gasteiger charge is 2.40. The second-order valence-corrected chi connectivity index (χ2v) is 5.45. The molecule has 0 aromatic heterocycles. The zero-order valence-electron chi connectivity index (χ0n) is 9.68. The highest BCUT2D eigenvalue weighted by molar-refractivity contribution is 4.99. The average Bonchev–Trinajstić information content (AvgIpc) is 2.58. The lowest BCUT2D eigenvalue weighted by Gasteiger charge is -2.46. The van der Waals surface area contributed by atoms with E-state index in [1.54, 1.807) is 0 Å². The quantitative estimate of drug-likeness (QED) is 0.725. The molecule has 2 fully saturated rings. The number of rotatable bonds is 2. The summed E-state index contributed by atoms with van der Waals surface area (Å²) in [5.74, 6) is 0.811. The van der Waals surface area contributed by atoms with Crippen LogP contribution in [0.3, 0.4) is 0 Å². The molecule has 1 heterocycles. The Morgan fingerprint density at radius 2 is 2.00 bits per heavy atom. The molecule has 0 amide bonds. The van der Waals surface area contributed by atoms with Crippen LogP contribution in [0.5, 0.6) is 0 Å². The summed E-state index contributed by atoms with van der Waals surface area (Å²) in [7, 11) is 0. The summed E-state index contributed by atoms with van der Waals surface area (Å²) >= 11 is 0. The molecule has 2 nitrogen and oxygen atoms in total. The van der Waals surface area contributed by atoms with Gasteiger partial charge in [-0.2, -0.15) is 0 Å². The summed E-state index contributed by atoms with van der Waals surface area (Å²) in [6.07, 6.45) is 5.73. The number of hydrogen-bond acceptors (Lipinski definition) is 2. The second kappa shape index (κ2) is 4.19. The Kier molecular flexibility index (Phi) is 3.13. The van der Waals surface area contributed by atoms with Crippen LogP contribution in [0.15, 0.2) is 0 Å². The molecule has 1 spiro atoms. The third kappa shape index (κ3) is 1.96. The molecule has 1 aliphatic carbocycles. The van der Waals surface area contributed by atoms with Crippen molar-refractivity contribution in [1.29, 1.82) is 0 Å². The fraction of sp³-hybridized carbons (Fsp3) is 1.00. The summed E-state index contributed by atoms with van der Waals surface area (Å²) < 4.78 is 0. The van der Waals surface area contributed by atoms with Crippen LogP contribution in [0.2, 0.25) is 0 Å². The van der Waals surface area contributed by atoms with E-state index < -0.39 is 0 Å². The normalized spacial score (nSPS) is 27.6. The molecule has 14 heavy (non-hydrogen) atoms. The first-order valence-electron chi connectivity index (χ1n) is 6.19. The largest absolute Gasteiger partial charge is 0.314 e. The van der Waals surface area contributed by atoms with Crippen molar-refractivity contribution in [3.8, 4) is 0 Å². The maximum Gasteiger partial charge on any atom is 0.0334 e. The van der Waals surface area contributed by atoms with Crippen LogP contribution < -0.4 is 5.32 Å². The van der Waals surface area contributed by atoms with Gasteiger partial charge in [0.1, 0.15) is 0 Å². The van der Waals surface area contributed by atoms with E-state index >= 15 is 0 Å². The maximum atomic E-state index is 3.58. The molecule has 0 aromatic carbocycles. The lowest BCUT2D eigenvalue weighted by molar-refractivity contribution is 0.0538. The molecule has 2 heteroatoms. The monoisotopic (exact) mass is 196 g/mol. The van der Waals surface area contributed by atoms with Crippen LogP contribution in [0.1, 0.15) is 39.5 Å². The fourth-order valence-corrected chi connectivity index (χ4v) is 3.14. The first-order valence-corrected chi connectivity index (χ1v) is 6.19. The van der Waals surface area contributed by atoms with Crippen LogP contribution in [0, 0.1) is 5.92 Å². The zero-order valence-corrected chi connectivity index (χ0v) is 9.68. The van der Waals surface area contributed by atoms with Crippen LogP contribution in [0.25, 0.3) is 0 Å². The third-order valence-electron chi connectivity index (χ3n) is 3.80. The first-order chi connectivity index (χ1) is 6.73. The van der Waals surface area contributed by atoms with E-state index in [1.807, 2.05) is 0 Å². The first kappa shape index (κ1) is 10.4. The van der Waals surface area contributed by atoms with Crippen LogP contribution in [-0.2, 0) is 0 Å². The predicted octanol–water partition coefficient (Wildman–Crippen LogP) is 1.86. The maximum absolute atomic E-state index is 3.58. The van der Waals surface area contributed by atoms with E-state index in [0.29, 0.717) is 5.54 Å². The molecule has 0 bridgehead atoms. The van der Waals surface area contributed by atoms with E-state index in [-0.39, 0.29) is 0 Å². The minimum absolute atomic E-state index is 0.544. The van der Waals surface area contributed by atoms with Crippen molar-refractivity contribution in [3.05, 3.63) is 0 Å². The smallest absolute Gasteiger partial charge is 0.0334 e. The Morgan fingerprint density at radius 1 is 1.29 bits per heavy atom. The van der Waals surface area contributed by atoms with Gasteiger partial charge in [0.25, 0.3) is 0 Å². The third-order valence-corrected chi connectivity index (χ3v) is 3.80. The summed E-state index contributed by atoms with van der Waals surface area (Å²) in [4.78, 5) is 2.77. The Hall–Kier alpha value is -0.0800. The van der Waals surface area contributed by atoms with Crippen molar-refractivity contribution in [2.45, 2.75) is 45.1 Å². The van der Waals surface area contributed by atoms with Crippen molar-refractivity contribution >= 4 is 0 Å². The van der Waals surface area contributed by atoms with E-state index in [1.165, 1.54) is 51.9 Å². The molecule has 0 radical (unpaired) electrons. The Balaban J connectivity index is 2.02. The molecule has 2 aliphatic rings. The predicted molar refractivity (Wildman–Crippen MR) is 60.5 cm³/mol. The van der Waals surface area contributed by atoms with Crippen LogP contribution >= 0.6 is 0 Å². The van der Waals surface area contributed by atoms with E-state index in [4.69, 9.17) is 0 Å². The van der Waals surface area contributed by atoms with Crippen LogP contribution in [0.4, 0.5) is 0 Å². The van der Waals surface area contributed by atoms with Crippen LogP contribution in [-0.4, -0.2) is 36.6 Å². The lowest BCUT2D eigenvalue weighted by Crippen LogP contribution is -2.60. The zero-order chi connectivity index (χ0) is 10.0. The summed E-state index contributed by atoms with van der Waals surface area (Å²) in [6, 6.07) is 0. The molecule has 2 rings (SSSR count). The van der Waals surface area contributed by atoms with Gasteiger partial charge in [-0.3, -0.25) is 4.90 Å². The van der Waals surface area contributed by atoms with Gasteiger partial charge < -0.3 is 5.32 Å². The van der Waals surface area contributed by atoms with Crippen molar-refractivity contribution in [2.24, 2.45) is 5.92 Å². The van der Waals surface area contributed by atoms with Crippen molar-refractivity contribution < 1.29 is 0 Å². The van der Waals surface area contributed by atoms with Gasteiger partial charge in [-0.1, -0.05) is 26.7 Å². The number of piperazine rings is 1. The van der Waals surface area contributed by atoms with Gasteiger partial charge in [0.2, 0.25) is 0 Å². The van der Waals surface area contributed by atoms with Gasteiger partial charge in [-0.15, -0.1) is 0 Å². The van der Waals surface area contributed by atoms with Gasteiger partial charge in [0.05, 0.1) is 0 Å². The highest BCUT2D eigenvalue weighted by Crippen LogP contribution is 2.36. The van der Waals surface area contributed by atoms with E-state index in [9.17, 15) is 0 Å². The lowest BCUT2D eigenvalue weighted by atomic mass is 9.92. The molecule has 1 saturated carbocycles. The molecular weight excluding hydrogens is 172 g/mol. The topological polar surface area (TPSA) is 15.3 Å². The minimum atomic E-state index is 0.544. The van der Waals surface area contributed by atoms with Gasteiger partial charge in [0, 0.05) is 31.7 Å². The van der Waals surface area contributed by atoms with Gasteiger partial charge >= 0.3 is 0 Å². The van der Waals surface area contributed by atoms with Crippen molar-refractivity contribution in [3.63, 3.8) is 0 Å². The Bertz CT molecular complexity index is 183. The van der Waals surface area contributed by atoms with Crippen molar-refractivity contribution in [1.82, 2.24) is 10.2 Å². The fourth-order valence-electron chi connectivity index (χ4n) is 3.14. The highest BCUT2D eigenvalue weighted by atomic mass is 15.3. The number of nitrogens with one attached hydrogen (secondary N) is 1. The molecule has 0 unspecified atom stereocenters. The molecular formula is C12H24N2. The summed E-state index contributed by atoms with van der Waals surface area (Å²) in [6.45, 7) is 9.66.